The number of ether oxygens (including phenoxy) is 1. The predicted molar refractivity (Wildman–Crippen MR) is 110 cm³/mol. The van der Waals surface area contributed by atoms with E-state index in [4.69, 9.17) is 4.74 Å². The molecule has 1 aliphatic rings. The van der Waals surface area contributed by atoms with Gasteiger partial charge < -0.3 is 9.64 Å². The van der Waals surface area contributed by atoms with E-state index in [1.165, 1.54) is 27.8 Å². The van der Waals surface area contributed by atoms with E-state index in [9.17, 15) is 0 Å². The molecule has 1 N–H and O–H groups in total. The molecule has 1 aliphatic heterocycles. The summed E-state index contributed by atoms with van der Waals surface area (Å²) in [7, 11) is 0. The van der Waals surface area contributed by atoms with Crippen molar-refractivity contribution in [1.82, 2.24) is 0 Å². The summed E-state index contributed by atoms with van der Waals surface area (Å²) in [5.41, 5.74) is 6.53. The summed E-state index contributed by atoms with van der Waals surface area (Å²) in [5.74, 6) is 1.07. The second-order valence-corrected chi connectivity index (χ2v) is 7.79. The highest BCUT2D eigenvalue weighted by molar-refractivity contribution is 5.43. The Bertz CT molecular complexity index is 836. The van der Waals surface area contributed by atoms with Gasteiger partial charge in [0.05, 0.1) is 0 Å². The van der Waals surface area contributed by atoms with Gasteiger partial charge in [0.25, 0.3) is 0 Å². The topological polar surface area (TPSA) is 13.7 Å². The minimum atomic E-state index is 0.287. The highest BCUT2D eigenvalue weighted by Gasteiger charge is 2.40. The Morgan fingerprint density at radius 2 is 1.26 bits per heavy atom. The van der Waals surface area contributed by atoms with Crippen molar-refractivity contribution in [1.29, 1.82) is 0 Å². The Balaban J connectivity index is 1.51. The van der Waals surface area contributed by atoms with Gasteiger partial charge in [-0.3, -0.25) is 0 Å². The lowest BCUT2D eigenvalue weighted by Gasteiger charge is -2.41. The summed E-state index contributed by atoms with van der Waals surface area (Å²) >= 11 is 0. The minimum Gasteiger partial charge on any atom is -0.478 e. The Kier molecular flexibility index (Phi) is 5.00. The zero-order valence-corrected chi connectivity index (χ0v) is 16.4. The van der Waals surface area contributed by atoms with Gasteiger partial charge >= 0.3 is 0 Å². The van der Waals surface area contributed by atoms with Crippen molar-refractivity contribution in [2.24, 2.45) is 0 Å². The molecule has 0 bridgehead atoms. The molecule has 0 amide bonds. The van der Waals surface area contributed by atoms with Gasteiger partial charge in [0.2, 0.25) is 0 Å². The van der Waals surface area contributed by atoms with Crippen LogP contribution in [-0.4, -0.2) is 19.2 Å². The molecule has 3 aromatic carbocycles. The molecule has 0 spiro atoms. The maximum atomic E-state index is 6.40. The fourth-order valence-electron chi connectivity index (χ4n) is 4.32. The third kappa shape index (κ3) is 3.77. The molecule has 138 valence electrons. The van der Waals surface area contributed by atoms with Crippen LogP contribution in [0.4, 0.5) is 0 Å². The highest BCUT2D eigenvalue weighted by Crippen LogP contribution is 2.27. The van der Waals surface area contributed by atoms with Gasteiger partial charge in [-0.15, -0.1) is 0 Å². The first kappa shape index (κ1) is 17.8. The fourth-order valence-corrected chi connectivity index (χ4v) is 4.32. The van der Waals surface area contributed by atoms with Crippen molar-refractivity contribution < 1.29 is 9.64 Å². The molecule has 4 rings (SSSR count). The maximum absolute atomic E-state index is 6.40. The van der Waals surface area contributed by atoms with Crippen LogP contribution in [0.3, 0.4) is 0 Å². The van der Waals surface area contributed by atoms with Crippen molar-refractivity contribution in [3.05, 3.63) is 101 Å². The molecule has 0 aliphatic carbocycles. The maximum Gasteiger partial charge on any atom is 0.195 e. The molecule has 1 fully saturated rings. The average Bonchev–Trinajstić information content (AvgIpc) is 2.63. The van der Waals surface area contributed by atoms with Gasteiger partial charge in [-0.25, -0.2) is 0 Å². The van der Waals surface area contributed by atoms with Crippen LogP contribution < -0.4 is 9.64 Å². The third-order valence-corrected chi connectivity index (χ3v) is 5.54. The van der Waals surface area contributed by atoms with Crippen molar-refractivity contribution in [2.75, 3.05) is 13.1 Å². The van der Waals surface area contributed by atoms with Gasteiger partial charge in [-0.1, -0.05) is 78.4 Å². The van der Waals surface area contributed by atoms with Crippen molar-refractivity contribution >= 4 is 0 Å². The van der Waals surface area contributed by atoms with Gasteiger partial charge in [0.1, 0.15) is 24.9 Å². The quantitative estimate of drug-likeness (QED) is 0.726. The van der Waals surface area contributed by atoms with E-state index < -0.39 is 0 Å². The van der Waals surface area contributed by atoms with Gasteiger partial charge in [0, 0.05) is 11.1 Å². The Labute approximate surface area is 162 Å². The molecule has 2 heteroatoms. The average molecular weight is 359 g/mol. The fraction of sp³-hybridized carbons (Fsp3) is 0.280. The van der Waals surface area contributed by atoms with Gasteiger partial charge in [-0.2, -0.15) is 0 Å². The lowest BCUT2D eigenvalue weighted by atomic mass is 9.93. The second-order valence-electron chi connectivity index (χ2n) is 7.79. The van der Waals surface area contributed by atoms with Crippen LogP contribution in [0.2, 0.25) is 0 Å². The number of quaternary nitrogens is 1. The summed E-state index contributed by atoms with van der Waals surface area (Å²) < 4.78 is 6.40. The third-order valence-electron chi connectivity index (χ3n) is 5.54. The summed E-state index contributed by atoms with van der Waals surface area (Å²) in [6, 6.07) is 26.5. The lowest BCUT2D eigenvalue weighted by Crippen LogP contribution is -3.22. The SMILES string of the molecule is Cc1cc(C)c(OC2C[NH+](C(c3ccccc3)c3ccccc3)C2)c(C)c1. The van der Waals surface area contributed by atoms with Crippen molar-refractivity contribution in [2.45, 2.75) is 32.9 Å². The van der Waals surface area contributed by atoms with E-state index in [0.717, 1.165) is 18.8 Å². The first-order chi connectivity index (χ1) is 13.1. The van der Waals surface area contributed by atoms with Crippen LogP contribution in [0.25, 0.3) is 0 Å². The van der Waals surface area contributed by atoms with Crippen LogP contribution in [-0.2, 0) is 0 Å². The number of hydrogen-bond acceptors (Lipinski definition) is 1. The molecule has 0 saturated carbocycles. The molecular formula is C25H28NO+. The summed E-state index contributed by atoms with van der Waals surface area (Å²) in [4.78, 5) is 1.57. The van der Waals surface area contributed by atoms with Crippen molar-refractivity contribution in [3.8, 4) is 5.75 Å². The minimum absolute atomic E-state index is 0.287. The smallest absolute Gasteiger partial charge is 0.195 e. The number of nitrogens with one attached hydrogen (secondary N) is 1. The zero-order valence-electron chi connectivity index (χ0n) is 16.4. The van der Waals surface area contributed by atoms with Crippen LogP contribution >= 0.6 is 0 Å². The molecule has 2 nitrogen and oxygen atoms in total. The normalized spacial score (nSPS) is 19.0. The lowest BCUT2D eigenvalue weighted by molar-refractivity contribution is -0.971. The standard InChI is InChI=1S/C25H27NO/c1-18-14-19(2)25(20(3)15-18)27-23-16-26(17-23)24(21-10-6-4-7-11-21)22-12-8-5-9-13-22/h4-15,23-24H,16-17H2,1-3H3/p+1. The molecule has 0 aromatic heterocycles. The molecular weight excluding hydrogens is 330 g/mol. The van der Waals surface area contributed by atoms with Gasteiger partial charge in [-0.05, 0) is 31.9 Å². The number of benzene rings is 3. The molecule has 27 heavy (non-hydrogen) atoms. The van der Waals surface area contributed by atoms with E-state index >= 15 is 0 Å². The number of aryl methyl sites for hydroxylation is 3. The Morgan fingerprint density at radius 3 is 1.74 bits per heavy atom. The molecule has 1 saturated heterocycles. The zero-order chi connectivity index (χ0) is 18.8. The predicted octanol–water partition coefficient (Wildman–Crippen LogP) is 4.05. The molecule has 0 atom stereocenters. The van der Waals surface area contributed by atoms with Crippen LogP contribution in [0.5, 0.6) is 5.75 Å². The van der Waals surface area contributed by atoms with E-state index in [1.807, 2.05) is 0 Å². The van der Waals surface area contributed by atoms with Gasteiger partial charge in [0.15, 0.2) is 6.10 Å². The second kappa shape index (κ2) is 7.58. The summed E-state index contributed by atoms with van der Waals surface area (Å²) in [6.45, 7) is 8.50. The molecule has 0 unspecified atom stereocenters. The van der Waals surface area contributed by atoms with E-state index in [-0.39, 0.29) is 6.10 Å². The molecule has 0 radical (unpaired) electrons. The Hall–Kier alpha value is -2.58. The molecule has 3 aromatic rings. The van der Waals surface area contributed by atoms with E-state index in [0.29, 0.717) is 6.04 Å². The van der Waals surface area contributed by atoms with Crippen LogP contribution in [0.15, 0.2) is 72.8 Å². The Morgan fingerprint density at radius 1 is 0.778 bits per heavy atom. The summed E-state index contributed by atoms with van der Waals surface area (Å²) in [5, 5.41) is 0. The monoisotopic (exact) mass is 358 g/mol. The summed E-state index contributed by atoms with van der Waals surface area (Å²) in [6.07, 6.45) is 0.287. The van der Waals surface area contributed by atoms with Crippen LogP contribution in [0.1, 0.15) is 33.9 Å². The van der Waals surface area contributed by atoms with E-state index in [2.05, 4.69) is 93.6 Å². The first-order valence-electron chi connectivity index (χ1n) is 9.81. The number of rotatable bonds is 5. The number of hydrogen-bond donors (Lipinski definition) is 1. The van der Waals surface area contributed by atoms with Crippen LogP contribution in [0, 0.1) is 20.8 Å². The first-order valence-corrected chi connectivity index (χ1v) is 9.81. The number of likely N-dealkylation sites (tertiary alicyclic amines) is 1. The molecule has 1 heterocycles. The largest absolute Gasteiger partial charge is 0.478 e. The van der Waals surface area contributed by atoms with Crippen molar-refractivity contribution in [3.63, 3.8) is 0 Å². The highest BCUT2D eigenvalue weighted by atomic mass is 16.5. The van der Waals surface area contributed by atoms with E-state index in [1.54, 1.807) is 4.90 Å².